The highest BCUT2D eigenvalue weighted by Crippen LogP contribution is 2.33. The SMILES string of the molecule is C[C@@H]1CNC(C2CC2)C(=O)N(C)[C@H](C)C(=O)N[C@H](Cc2ccc(F)cc2)C(=O)NCCCc2ccccc2O1. The van der Waals surface area contributed by atoms with Crippen molar-refractivity contribution in [2.75, 3.05) is 20.1 Å². The highest BCUT2D eigenvalue weighted by Gasteiger charge is 2.39. The molecule has 0 saturated heterocycles. The van der Waals surface area contributed by atoms with Gasteiger partial charge in [-0.05, 0) is 74.8 Å². The number of hydrogen-bond acceptors (Lipinski definition) is 5. The molecule has 3 N–H and O–H groups in total. The quantitative estimate of drug-likeness (QED) is 0.558. The first-order valence-corrected chi connectivity index (χ1v) is 13.8. The Morgan fingerprint density at radius 3 is 2.44 bits per heavy atom. The maximum absolute atomic E-state index is 13.5. The Balaban J connectivity index is 1.56. The Bertz CT molecular complexity index is 1150. The van der Waals surface area contributed by atoms with Crippen molar-refractivity contribution >= 4 is 17.7 Å². The fourth-order valence-electron chi connectivity index (χ4n) is 4.82. The fourth-order valence-corrected chi connectivity index (χ4v) is 4.82. The Labute approximate surface area is 229 Å². The molecule has 4 atom stereocenters. The molecule has 210 valence electrons. The van der Waals surface area contributed by atoms with Gasteiger partial charge >= 0.3 is 0 Å². The maximum Gasteiger partial charge on any atom is 0.243 e. The number of fused-ring (bicyclic) bond motifs is 1. The molecule has 8 nitrogen and oxygen atoms in total. The van der Waals surface area contributed by atoms with Gasteiger partial charge in [-0.15, -0.1) is 0 Å². The number of para-hydroxylation sites is 1. The van der Waals surface area contributed by atoms with Crippen molar-refractivity contribution in [3.63, 3.8) is 0 Å². The second kappa shape index (κ2) is 13.1. The number of rotatable bonds is 3. The molecule has 3 amide bonds. The van der Waals surface area contributed by atoms with Gasteiger partial charge < -0.3 is 25.6 Å². The Kier molecular flexibility index (Phi) is 9.56. The Morgan fingerprint density at radius 2 is 1.72 bits per heavy atom. The van der Waals surface area contributed by atoms with Gasteiger partial charge in [0.1, 0.15) is 29.8 Å². The molecule has 2 aliphatic rings. The lowest BCUT2D eigenvalue weighted by Crippen LogP contribution is -2.57. The van der Waals surface area contributed by atoms with Crippen LogP contribution in [0.4, 0.5) is 4.39 Å². The van der Waals surface area contributed by atoms with Crippen LogP contribution in [0.25, 0.3) is 0 Å². The van der Waals surface area contributed by atoms with Crippen molar-refractivity contribution in [1.82, 2.24) is 20.9 Å². The predicted molar refractivity (Wildman–Crippen MR) is 147 cm³/mol. The smallest absolute Gasteiger partial charge is 0.243 e. The first kappa shape index (κ1) is 28.5. The van der Waals surface area contributed by atoms with Gasteiger partial charge in [0, 0.05) is 26.6 Å². The van der Waals surface area contributed by atoms with Gasteiger partial charge in [0.05, 0.1) is 6.04 Å². The normalized spacial score (nSPS) is 25.9. The molecule has 2 aromatic carbocycles. The highest BCUT2D eigenvalue weighted by molar-refractivity contribution is 5.93. The molecule has 0 radical (unpaired) electrons. The third-order valence-electron chi connectivity index (χ3n) is 7.50. The number of likely N-dealkylation sites (N-methyl/N-ethyl adjacent to an activating group) is 1. The number of hydrogen-bond donors (Lipinski definition) is 3. The van der Waals surface area contributed by atoms with Crippen LogP contribution in [0.5, 0.6) is 5.75 Å². The molecule has 1 saturated carbocycles. The van der Waals surface area contributed by atoms with Crippen molar-refractivity contribution in [3.8, 4) is 5.75 Å². The summed E-state index contributed by atoms with van der Waals surface area (Å²) in [6.45, 7) is 4.53. The van der Waals surface area contributed by atoms with Gasteiger partial charge in [0.25, 0.3) is 0 Å². The zero-order chi connectivity index (χ0) is 27.9. The summed E-state index contributed by atoms with van der Waals surface area (Å²) in [5, 5.41) is 9.17. The van der Waals surface area contributed by atoms with Crippen LogP contribution in [0.15, 0.2) is 48.5 Å². The summed E-state index contributed by atoms with van der Waals surface area (Å²) in [5.41, 5.74) is 1.76. The highest BCUT2D eigenvalue weighted by atomic mass is 19.1. The van der Waals surface area contributed by atoms with E-state index in [1.54, 1.807) is 26.1 Å². The Morgan fingerprint density at radius 1 is 1.00 bits per heavy atom. The van der Waals surface area contributed by atoms with E-state index in [9.17, 15) is 18.8 Å². The van der Waals surface area contributed by atoms with Crippen molar-refractivity contribution < 1.29 is 23.5 Å². The number of ether oxygens (including phenoxy) is 1. The van der Waals surface area contributed by atoms with Crippen LogP contribution in [-0.2, 0) is 27.2 Å². The monoisotopic (exact) mass is 538 g/mol. The maximum atomic E-state index is 13.5. The van der Waals surface area contributed by atoms with Crippen molar-refractivity contribution in [3.05, 3.63) is 65.5 Å². The van der Waals surface area contributed by atoms with Gasteiger partial charge in [0.15, 0.2) is 0 Å². The second-order valence-electron chi connectivity index (χ2n) is 10.7. The minimum atomic E-state index is -0.873. The zero-order valence-electron chi connectivity index (χ0n) is 22.9. The molecule has 0 spiro atoms. The molecule has 1 heterocycles. The van der Waals surface area contributed by atoms with Crippen molar-refractivity contribution in [2.45, 2.75) is 70.2 Å². The second-order valence-corrected chi connectivity index (χ2v) is 10.7. The summed E-state index contributed by atoms with van der Waals surface area (Å²) >= 11 is 0. The summed E-state index contributed by atoms with van der Waals surface area (Å²) in [6, 6.07) is 11.6. The van der Waals surface area contributed by atoms with Crippen molar-refractivity contribution in [2.24, 2.45) is 5.92 Å². The number of amides is 3. The van der Waals surface area contributed by atoms with E-state index in [4.69, 9.17) is 4.74 Å². The lowest BCUT2D eigenvalue weighted by molar-refractivity contribution is -0.141. The summed E-state index contributed by atoms with van der Waals surface area (Å²) in [6.07, 6.45) is 3.33. The standard InChI is InChI=1S/C30H39FN4O4/c1-19-18-33-27(23-12-13-23)30(38)35(3)20(2)28(36)34-25(17-21-10-14-24(31)15-11-21)29(37)32-16-6-8-22-7-4-5-9-26(22)39-19/h4-5,7,9-11,14-15,19-20,23,25,27,33H,6,8,12-13,16-18H2,1-3H3,(H,32,37)(H,34,36)/t19-,20-,25-,27?/m1/s1. The van der Waals surface area contributed by atoms with E-state index in [0.717, 1.165) is 24.2 Å². The van der Waals surface area contributed by atoms with Crippen LogP contribution >= 0.6 is 0 Å². The van der Waals surface area contributed by atoms with Crippen LogP contribution in [0.3, 0.4) is 0 Å². The summed E-state index contributed by atoms with van der Waals surface area (Å²) in [4.78, 5) is 41.4. The molecule has 1 unspecified atom stereocenters. The minimum absolute atomic E-state index is 0.159. The fraction of sp³-hybridized carbons (Fsp3) is 0.500. The van der Waals surface area contributed by atoms with E-state index in [-0.39, 0.29) is 36.1 Å². The van der Waals surface area contributed by atoms with Gasteiger partial charge in [-0.1, -0.05) is 30.3 Å². The summed E-state index contributed by atoms with van der Waals surface area (Å²) in [7, 11) is 1.62. The number of carbonyl (C=O) groups is 3. The number of halogens is 1. The van der Waals surface area contributed by atoms with Gasteiger partial charge in [0.2, 0.25) is 17.7 Å². The average Bonchev–Trinajstić information content (AvgIpc) is 3.76. The number of carbonyl (C=O) groups excluding carboxylic acids is 3. The minimum Gasteiger partial charge on any atom is -0.489 e. The molecule has 0 aromatic heterocycles. The molecule has 1 aliphatic carbocycles. The molecule has 1 aliphatic heterocycles. The van der Waals surface area contributed by atoms with Crippen LogP contribution in [-0.4, -0.2) is 67.0 Å². The van der Waals surface area contributed by atoms with Crippen molar-refractivity contribution in [1.29, 1.82) is 0 Å². The lowest BCUT2D eigenvalue weighted by Gasteiger charge is -2.31. The molecule has 9 heteroatoms. The number of nitrogens with zero attached hydrogens (tertiary/aromatic N) is 1. The molecular formula is C30H39FN4O4. The van der Waals surface area contributed by atoms with Crippen LogP contribution < -0.4 is 20.7 Å². The molecule has 39 heavy (non-hydrogen) atoms. The third-order valence-corrected chi connectivity index (χ3v) is 7.50. The van der Waals surface area contributed by atoms with E-state index in [1.165, 1.54) is 17.0 Å². The topological polar surface area (TPSA) is 99.8 Å². The van der Waals surface area contributed by atoms with Gasteiger partial charge in [-0.2, -0.15) is 0 Å². The molecule has 1 fully saturated rings. The molecule has 2 aromatic rings. The first-order chi connectivity index (χ1) is 18.7. The Hall–Kier alpha value is -3.46. The predicted octanol–water partition coefficient (Wildman–Crippen LogP) is 2.60. The average molecular weight is 539 g/mol. The largest absolute Gasteiger partial charge is 0.489 e. The zero-order valence-corrected chi connectivity index (χ0v) is 22.9. The number of benzene rings is 2. The molecule has 0 bridgehead atoms. The summed E-state index contributed by atoms with van der Waals surface area (Å²) < 4.78 is 19.7. The van der Waals surface area contributed by atoms with Crippen LogP contribution in [0.1, 0.15) is 44.2 Å². The summed E-state index contributed by atoms with van der Waals surface area (Å²) in [5.74, 6) is -0.269. The van der Waals surface area contributed by atoms with E-state index >= 15 is 0 Å². The van der Waals surface area contributed by atoms with E-state index < -0.39 is 24.0 Å². The molecular weight excluding hydrogens is 499 g/mol. The number of nitrogens with one attached hydrogen (secondary N) is 3. The lowest BCUT2D eigenvalue weighted by atomic mass is 10.0. The van der Waals surface area contributed by atoms with Crippen LogP contribution in [0, 0.1) is 11.7 Å². The molecule has 4 rings (SSSR count). The van der Waals surface area contributed by atoms with E-state index in [1.807, 2.05) is 31.2 Å². The van der Waals surface area contributed by atoms with Gasteiger partial charge in [-0.25, -0.2) is 4.39 Å². The van der Waals surface area contributed by atoms with Crippen LogP contribution in [0.2, 0.25) is 0 Å². The number of aryl methyl sites for hydroxylation is 1. The van der Waals surface area contributed by atoms with E-state index in [0.29, 0.717) is 31.5 Å². The first-order valence-electron chi connectivity index (χ1n) is 13.8. The van der Waals surface area contributed by atoms with E-state index in [2.05, 4.69) is 16.0 Å². The van der Waals surface area contributed by atoms with Gasteiger partial charge in [-0.3, -0.25) is 14.4 Å². The third kappa shape index (κ3) is 7.79.